The summed E-state index contributed by atoms with van der Waals surface area (Å²) in [6.07, 6.45) is 0.460. The zero-order valence-corrected chi connectivity index (χ0v) is 9.89. The number of hydrogen-bond donors (Lipinski definition) is 0. The van der Waals surface area contributed by atoms with E-state index in [2.05, 4.69) is 0 Å². The molecule has 0 unspecified atom stereocenters. The minimum atomic E-state index is 0.173. The Labute approximate surface area is 91.3 Å². The first-order chi connectivity index (χ1) is 7.06. The Bertz CT molecular complexity index is 344. The number of methoxy groups -OCH3 is 1. The molecule has 1 rings (SSSR count). The zero-order chi connectivity index (χ0) is 11.4. The summed E-state index contributed by atoms with van der Waals surface area (Å²) in [5.41, 5.74) is 4.19. The Kier molecular flexibility index (Phi) is 4.04. The van der Waals surface area contributed by atoms with Crippen LogP contribution in [0.25, 0.3) is 0 Å². The highest BCUT2D eigenvalue weighted by atomic mass is 16.5. The van der Waals surface area contributed by atoms with Gasteiger partial charge in [0.1, 0.15) is 0 Å². The Hall–Kier alpha value is -1.15. The molecule has 0 bridgehead atoms. The number of benzene rings is 1. The highest BCUT2D eigenvalue weighted by Gasteiger charge is 2.11. The first-order valence-corrected chi connectivity index (χ1v) is 5.16. The van der Waals surface area contributed by atoms with Crippen LogP contribution in [0, 0.1) is 20.8 Å². The highest BCUT2D eigenvalue weighted by molar-refractivity contribution is 5.98. The molecule has 2 nitrogen and oxygen atoms in total. The topological polar surface area (TPSA) is 26.3 Å². The first-order valence-electron chi connectivity index (χ1n) is 5.16. The van der Waals surface area contributed by atoms with Gasteiger partial charge in [0.25, 0.3) is 0 Å². The van der Waals surface area contributed by atoms with E-state index >= 15 is 0 Å². The van der Waals surface area contributed by atoms with Crippen molar-refractivity contribution < 1.29 is 9.53 Å². The fourth-order valence-electron chi connectivity index (χ4n) is 1.94. The second kappa shape index (κ2) is 5.08. The minimum Gasteiger partial charge on any atom is -0.384 e. The van der Waals surface area contributed by atoms with Gasteiger partial charge in [0, 0.05) is 19.1 Å². The fraction of sp³-hybridized carbons (Fsp3) is 0.462. The lowest BCUT2D eigenvalue weighted by molar-refractivity contribution is 0.0931. The normalized spacial score (nSPS) is 10.4. The quantitative estimate of drug-likeness (QED) is 0.708. The van der Waals surface area contributed by atoms with E-state index in [1.54, 1.807) is 7.11 Å². The molecule has 1 aromatic rings. The van der Waals surface area contributed by atoms with Gasteiger partial charge < -0.3 is 4.74 Å². The largest absolute Gasteiger partial charge is 0.384 e. The number of hydrogen-bond acceptors (Lipinski definition) is 2. The van der Waals surface area contributed by atoms with Gasteiger partial charge >= 0.3 is 0 Å². The smallest absolute Gasteiger partial charge is 0.165 e. The van der Waals surface area contributed by atoms with E-state index in [0.29, 0.717) is 13.0 Å². The van der Waals surface area contributed by atoms with E-state index in [1.807, 2.05) is 32.9 Å². The van der Waals surface area contributed by atoms with Crippen LogP contribution < -0.4 is 0 Å². The van der Waals surface area contributed by atoms with Crippen molar-refractivity contribution in [3.63, 3.8) is 0 Å². The van der Waals surface area contributed by atoms with Crippen molar-refractivity contribution in [1.29, 1.82) is 0 Å². The molecular formula is C13H18O2. The van der Waals surface area contributed by atoms with E-state index < -0.39 is 0 Å². The second-order valence-corrected chi connectivity index (χ2v) is 3.94. The Balaban J connectivity index is 2.98. The summed E-state index contributed by atoms with van der Waals surface area (Å²) in [5, 5.41) is 0. The van der Waals surface area contributed by atoms with Crippen molar-refractivity contribution >= 4 is 5.78 Å². The maximum absolute atomic E-state index is 11.9. The molecule has 0 spiro atoms. The van der Waals surface area contributed by atoms with Crippen LogP contribution in [0.1, 0.15) is 33.5 Å². The molecule has 0 saturated heterocycles. The molecule has 15 heavy (non-hydrogen) atoms. The van der Waals surface area contributed by atoms with E-state index in [-0.39, 0.29) is 5.78 Å². The third-order valence-electron chi connectivity index (χ3n) is 2.49. The van der Waals surface area contributed by atoms with E-state index in [4.69, 9.17) is 4.74 Å². The number of rotatable bonds is 4. The third-order valence-corrected chi connectivity index (χ3v) is 2.49. The highest BCUT2D eigenvalue weighted by Crippen LogP contribution is 2.18. The zero-order valence-electron chi connectivity index (χ0n) is 9.89. The van der Waals surface area contributed by atoms with Crippen LogP contribution in [0.4, 0.5) is 0 Å². The lowest BCUT2D eigenvalue weighted by Gasteiger charge is -2.09. The van der Waals surface area contributed by atoms with Crippen molar-refractivity contribution in [2.45, 2.75) is 27.2 Å². The number of aryl methyl sites for hydroxylation is 3. The summed E-state index contributed by atoms with van der Waals surface area (Å²) in [4.78, 5) is 11.9. The van der Waals surface area contributed by atoms with E-state index in [1.165, 1.54) is 5.56 Å². The van der Waals surface area contributed by atoms with Gasteiger partial charge in [-0.25, -0.2) is 0 Å². The molecule has 0 atom stereocenters. The third kappa shape index (κ3) is 2.90. The molecule has 0 saturated carbocycles. The predicted octanol–water partition coefficient (Wildman–Crippen LogP) is 2.83. The number of ketones is 1. The molecule has 0 heterocycles. The summed E-state index contributed by atoms with van der Waals surface area (Å²) >= 11 is 0. The van der Waals surface area contributed by atoms with Crippen LogP contribution in [0.5, 0.6) is 0 Å². The SMILES string of the molecule is COCCC(=O)c1c(C)cc(C)cc1C. The molecule has 0 aliphatic carbocycles. The Morgan fingerprint density at radius 1 is 1.20 bits per heavy atom. The summed E-state index contributed by atoms with van der Waals surface area (Å²) < 4.78 is 4.92. The molecule has 0 amide bonds. The molecule has 0 aromatic heterocycles. The van der Waals surface area contributed by atoms with Crippen molar-refractivity contribution in [2.24, 2.45) is 0 Å². The van der Waals surface area contributed by atoms with Crippen LogP contribution in [-0.4, -0.2) is 19.5 Å². The van der Waals surface area contributed by atoms with Crippen LogP contribution >= 0.6 is 0 Å². The maximum Gasteiger partial charge on any atom is 0.165 e. The minimum absolute atomic E-state index is 0.173. The molecule has 2 heteroatoms. The van der Waals surface area contributed by atoms with E-state index in [0.717, 1.165) is 16.7 Å². The maximum atomic E-state index is 11.9. The van der Waals surface area contributed by atoms with Gasteiger partial charge in [0.2, 0.25) is 0 Å². The Morgan fingerprint density at radius 2 is 1.73 bits per heavy atom. The molecule has 1 aromatic carbocycles. The molecule has 0 aliphatic rings. The lowest BCUT2D eigenvalue weighted by atomic mass is 9.95. The summed E-state index contributed by atoms with van der Waals surface area (Å²) in [7, 11) is 1.61. The average Bonchev–Trinajstić information content (AvgIpc) is 2.12. The number of carbonyl (C=O) groups excluding carboxylic acids is 1. The predicted molar refractivity (Wildman–Crippen MR) is 61.5 cm³/mol. The van der Waals surface area contributed by atoms with E-state index in [9.17, 15) is 4.79 Å². The van der Waals surface area contributed by atoms with Crippen molar-refractivity contribution in [1.82, 2.24) is 0 Å². The van der Waals surface area contributed by atoms with Gasteiger partial charge in [-0.2, -0.15) is 0 Å². The van der Waals surface area contributed by atoms with Crippen molar-refractivity contribution in [3.8, 4) is 0 Å². The molecule has 0 fully saturated rings. The molecule has 0 radical (unpaired) electrons. The van der Waals surface area contributed by atoms with Gasteiger partial charge in [-0.1, -0.05) is 17.7 Å². The molecule has 0 N–H and O–H groups in total. The lowest BCUT2D eigenvalue weighted by Crippen LogP contribution is -2.07. The number of Topliss-reactive ketones (excluding diaryl/α,β-unsaturated/α-hetero) is 1. The summed E-state index contributed by atoms with van der Waals surface area (Å²) in [6, 6.07) is 4.10. The molecule has 0 aliphatic heterocycles. The summed E-state index contributed by atoms with van der Waals surface area (Å²) in [5.74, 6) is 0.173. The van der Waals surface area contributed by atoms with Crippen LogP contribution in [-0.2, 0) is 4.74 Å². The monoisotopic (exact) mass is 206 g/mol. The van der Waals surface area contributed by atoms with Crippen LogP contribution in [0.2, 0.25) is 0 Å². The van der Waals surface area contributed by atoms with Crippen molar-refractivity contribution in [3.05, 3.63) is 34.4 Å². The molecular weight excluding hydrogens is 188 g/mol. The Morgan fingerprint density at radius 3 is 2.20 bits per heavy atom. The summed E-state index contributed by atoms with van der Waals surface area (Å²) in [6.45, 7) is 6.51. The molecule has 82 valence electrons. The van der Waals surface area contributed by atoms with Crippen LogP contribution in [0.15, 0.2) is 12.1 Å². The fourth-order valence-corrected chi connectivity index (χ4v) is 1.94. The average molecular weight is 206 g/mol. The van der Waals surface area contributed by atoms with Crippen LogP contribution in [0.3, 0.4) is 0 Å². The van der Waals surface area contributed by atoms with Gasteiger partial charge in [0.05, 0.1) is 6.61 Å². The van der Waals surface area contributed by atoms with Crippen molar-refractivity contribution in [2.75, 3.05) is 13.7 Å². The van der Waals surface area contributed by atoms with Gasteiger partial charge in [0.15, 0.2) is 5.78 Å². The first kappa shape index (κ1) is 11.9. The second-order valence-electron chi connectivity index (χ2n) is 3.94. The number of ether oxygens (including phenoxy) is 1. The van der Waals surface area contributed by atoms with Gasteiger partial charge in [-0.05, 0) is 31.9 Å². The van der Waals surface area contributed by atoms with Gasteiger partial charge in [-0.15, -0.1) is 0 Å². The standard InChI is InChI=1S/C13H18O2/c1-9-7-10(2)13(11(3)8-9)12(14)5-6-15-4/h7-8H,5-6H2,1-4H3. The number of carbonyl (C=O) groups is 1. The van der Waals surface area contributed by atoms with Gasteiger partial charge in [-0.3, -0.25) is 4.79 Å².